The highest BCUT2D eigenvalue weighted by atomic mass is 16.5. The molecule has 0 aliphatic carbocycles. The van der Waals surface area contributed by atoms with Crippen LogP contribution >= 0.6 is 0 Å². The molecule has 120 valence electrons. The van der Waals surface area contributed by atoms with Crippen LogP contribution in [0.4, 0.5) is 0 Å². The molecule has 0 unspecified atom stereocenters. The Kier molecular flexibility index (Phi) is 8.57. The zero-order valence-corrected chi connectivity index (χ0v) is 13.2. The summed E-state index contributed by atoms with van der Waals surface area (Å²) < 4.78 is 26.2. The fraction of sp³-hybridized carbons (Fsp3) is 0.600. The van der Waals surface area contributed by atoms with Crippen molar-refractivity contribution in [3.8, 4) is 17.2 Å². The van der Waals surface area contributed by atoms with E-state index >= 15 is 0 Å². The van der Waals surface area contributed by atoms with Crippen molar-refractivity contribution >= 4 is 0 Å². The first kappa shape index (κ1) is 17.6. The maximum Gasteiger partial charge on any atom is 0.164 e. The minimum atomic E-state index is 0.609. The average molecular weight is 299 g/mol. The molecule has 6 nitrogen and oxygen atoms in total. The Bertz CT molecular complexity index is 411. The molecule has 0 spiro atoms. The predicted octanol–water partition coefficient (Wildman–Crippen LogP) is 1.46. The van der Waals surface area contributed by atoms with E-state index in [1.807, 2.05) is 12.1 Å². The molecule has 0 aliphatic rings. The van der Waals surface area contributed by atoms with E-state index in [1.54, 1.807) is 28.4 Å². The molecule has 0 amide bonds. The number of benzene rings is 1. The van der Waals surface area contributed by atoms with Crippen molar-refractivity contribution in [1.29, 1.82) is 0 Å². The lowest BCUT2D eigenvalue weighted by molar-refractivity contribution is 0.0719. The van der Waals surface area contributed by atoms with Crippen molar-refractivity contribution in [2.75, 3.05) is 54.8 Å². The number of ether oxygens (including phenoxy) is 5. The van der Waals surface area contributed by atoms with E-state index < -0.39 is 0 Å². The fourth-order valence-corrected chi connectivity index (χ4v) is 1.84. The van der Waals surface area contributed by atoms with Crippen LogP contribution in [-0.4, -0.2) is 54.8 Å². The van der Waals surface area contributed by atoms with Crippen molar-refractivity contribution in [3.63, 3.8) is 0 Å². The maximum absolute atomic E-state index is 5.39. The second kappa shape index (κ2) is 10.3. The van der Waals surface area contributed by atoms with Gasteiger partial charge in [-0.15, -0.1) is 0 Å². The molecule has 0 saturated heterocycles. The summed E-state index contributed by atoms with van der Waals surface area (Å²) in [5.41, 5.74) is 1.01. The Morgan fingerprint density at radius 3 is 2.10 bits per heavy atom. The lowest BCUT2D eigenvalue weighted by Crippen LogP contribution is -2.20. The molecule has 0 fully saturated rings. The van der Waals surface area contributed by atoms with Gasteiger partial charge in [-0.1, -0.05) is 0 Å². The van der Waals surface area contributed by atoms with Crippen molar-refractivity contribution in [1.82, 2.24) is 5.32 Å². The molecule has 6 heteroatoms. The summed E-state index contributed by atoms with van der Waals surface area (Å²) in [5, 5.41) is 3.30. The molecule has 0 aromatic heterocycles. The largest absolute Gasteiger partial charge is 0.496 e. The van der Waals surface area contributed by atoms with Gasteiger partial charge in [0.05, 0.1) is 41.2 Å². The van der Waals surface area contributed by atoms with Gasteiger partial charge in [0.25, 0.3) is 0 Å². The van der Waals surface area contributed by atoms with Gasteiger partial charge in [-0.3, -0.25) is 0 Å². The minimum absolute atomic E-state index is 0.609. The topological polar surface area (TPSA) is 58.2 Å². The van der Waals surface area contributed by atoms with Gasteiger partial charge in [-0.2, -0.15) is 0 Å². The third kappa shape index (κ3) is 5.79. The van der Waals surface area contributed by atoms with Crippen LogP contribution in [0.15, 0.2) is 12.1 Å². The normalized spacial score (nSPS) is 10.5. The quantitative estimate of drug-likeness (QED) is 0.624. The molecule has 0 radical (unpaired) electrons. The van der Waals surface area contributed by atoms with Gasteiger partial charge in [0.2, 0.25) is 0 Å². The van der Waals surface area contributed by atoms with Crippen molar-refractivity contribution in [2.45, 2.75) is 6.54 Å². The van der Waals surface area contributed by atoms with Crippen LogP contribution in [0.1, 0.15) is 5.56 Å². The Balaban J connectivity index is 2.49. The lowest BCUT2D eigenvalue weighted by Gasteiger charge is -2.14. The first-order valence-electron chi connectivity index (χ1n) is 6.83. The Labute approximate surface area is 126 Å². The van der Waals surface area contributed by atoms with Crippen molar-refractivity contribution in [3.05, 3.63) is 17.7 Å². The number of methoxy groups -OCH3 is 4. The average Bonchev–Trinajstić information content (AvgIpc) is 2.53. The SMILES string of the molecule is COCCOCCNCc1cc(OC)c(OC)cc1OC. The second-order valence-electron chi connectivity index (χ2n) is 4.30. The van der Waals surface area contributed by atoms with E-state index in [-0.39, 0.29) is 0 Å². The van der Waals surface area contributed by atoms with E-state index in [9.17, 15) is 0 Å². The summed E-state index contributed by atoms with van der Waals surface area (Å²) >= 11 is 0. The summed E-state index contributed by atoms with van der Waals surface area (Å²) in [7, 11) is 6.52. The molecular formula is C15H25NO5. The first-order valence-corrected chi connectivity index (χ1v) is 6.83. The Morgan fingerprint density at radius 1 is 0.810 bits per heavy atom. The van der Waals surface area contributed by atoms with Gasteiger partial charge in [-0.05, 0) is 6.07 Å². The minimum Gasteiger partial charge on any atom is -0.496 e. The van der Waals surface area contributed by atoms with Crippen molar-refractivity contribution in [2.24, 2.45) is 0 Å². The van der Waals surface area contributed by atoms with Crippen LogP contribution in [-0.2, 0) is 16.0 Å². The summed E-state index contributed by atoms with van der Waals surface area (Å²) in [6.07, 6.45) is 0. The van der Waals surface area contributed by atoms with E-state index in [1.165, 1.54) is 0 Å². The smallest absolute Gasteiger partial charge is 0.164 e. The van der Waals surface area contributed by atoms with Crippen LogP contribution in [0.2, 0.25) is 0 Å². The van der Waals surface area contributed by atoms with Crippen LogP contribution in [0.3, 0.4) is 0 Å². The third-order valence-corrected chi connectivity index (χ3v) is 2.96. The summed E-state index contributed by atoms with van der Waals surface area (Å²) in [6.45, 7) is 3.28. The highest BCUT2D eigenvalue weighted by Crippen LogP contribution is 2.34. The van der Waals surface area contributed by atoms with E-state index in [0.29, 0.717) is 37.9 Å². The van der Waals surface area contributed by atoms with Gasteiger partial charge >= 0.3 is 0 Å². The fourth-order valence-electron chi connectivity index (χ4n) is 1.84. The van der Waals surface area contributed by atoms with E-state index in [2.05, 4.69) is 5.32 Å². The number of hydrogen-bond acceptors (Lipinski definition) is 6. The van der Waals surface area contributed by atoms with Gasteiger partial charge in [0, 0.05) is 31.8 Å². The molecular weight excluding hydrogens is 274 g/mol. The molecule has 1 N–H and O–H groups in total. The van der Waals surface area contributed by atoms with E-state index in [0.717, 1.165) is 17.9 Å². The summed E-state index contributed by atoms with van der Waals surface area (Å²) in [5.74, 6) is 2.10. The first-order chi connectivity index (χ1) is 10.3. The third-order valence-electron chi connectivity index (χ3n) is 2.96. The standard InChI is InChI=1S/C15H25NO5/c1-17-7-8-21-6-5-16-11-12-9-14(19-3)15(20-4)10-13(12)18-2/h9-10,16H,5-8,11H2,1-4H3. The molecule has 1 aromatic carbocycles. The monoisotopic (exact) mass is 299 g/mol. The highest BCUT2D eigenvalue weighted by molar-refractivity contribution is 5.50. The molecule has 0 saturated carbocycles. The maximum atomic E-state index is 5.39. The van der Waals surface area contributed by atoms with Crippen LogP contribution in [0.5, 0.6) is 17.2 Å². The van der Waals surface area contributed by atoms with Gasteiger partial charge in [0.15, 0.2) is 11.5 Å². The highest BCUT2D eigenvalue weighted by Gasteiger charge is 2.11. The lowest BCUT2D eigenvalue weighted by atomic mass is 10.1. The Hall–Kier alpha value is -1.50. The summed E-state index contributed by atoms with van der Waals surface area (Å²) in [4.78, 5) is 0. The summed E-state index contributed by atoms with van der Waals surface area (Å²) in [6, 6.07) is 3.74. The van der Waals surface area contributed by atoms with Crippen LogP contribution in [0.25, 0.3) is 0 Å². The molecule has 21 heavy (non-hydrogen) atoms. The number of nitrogens with one attached hydrogen (secondary N) is 1. The van der Waals surface area contributed by atoms with E-state index in [4.69, 9.17) is 23.7 Å². The van der Waals surface area contributed by atoms with Crippen LogP contribution in [0, 0.1) is 0 Å². The van der Waals surface area contributed by atoms with Gasteiger partial charge in [-0.25, -0.2) is 0 Å². The second-order valence-corrected chi connectivity index (χ2v) is 4.30. The predicted molar refractivity (Wildman–Crippen MR) is 80.5 cm³/mol. The Morgan fingerprint density at radius 2 is 1.48 bits per heavy atom. The molecule has 0 atom stereocenters. The zero-order valence-electron chi connectivity index (χ0n) is 13.2. The van der Waals surface area contributed by atoms with Crippen molar-refractivity contribution < 1.29 is 23.7 Å². The number of rotatable bonds is 11. The van der Waals surface area contributed by atoms with Gasteiger partial charge < -0.3 is 29.0 Å². The molecule has 0 aliphatic heterocycles. The number of hydrogen-bond donors (Lipinski definition) is 1. The van der Waals surface area contributed by atoms with Crippen LogP contribution < -0.4 is 19.5 Å². The molecule has 0 bridgehead atoms. The molecule has 1 aromatic rings. The zero-order chi connectivity index (χ0) is 15.5. The molecule has 1 rings (SSSR count). The van der Waals surface area contributed by atoms with Gasteiger partial charge in [0.1, 0.15) is 5.75 Å². The molecule has 0 heterocycles.